The molecule has 6 nitrogen and oxygen atoms in total. The maximum absolute atomic E-state index is 13.2. The molecule has 0 aliphatic heterocycles. The highest BCUT2D eigenvalue weighted by Crippen LogP contribution is 2.28. The molecule has 0 aliphatic rings. The van der Waals surface area contributed by atoms with Gasteiger partial charge in [0.25, 0.3) is 5.91 Å². The number of pyridine rings is 1. The lowest BCUT2D eigenvalue weighted by Crippen LogP contribution is -2.26. The number of hydrogen-bond donors (Lipinski definition) is 0. The predicted octanol–water partition coefficient (Wildman–Crippen LogP) is 3.87. The van der Waals surface area contributed by atoms with Crippen LogP contribution in [0.1, 0.15) is 20.9 Å². The Balaban J connectivity index is 1.83. The molecule has 0 atom stereocenters. The molecule has 4 rings (SSSR count). The van der Waals surface area contributed by atoms with Crippen LogP contribution in [0.4, 0.5) is 0 Å². The minimum atomic E-state index is -0.0605. The zero-order valence-electron chi connectivity index (χ0n) is 14.8. The van der Waals surface area contributed by atoms with Crippen LogP contribution < -0.4 is 0 Å². The summed E-state index contributed by atoms with van der Waals surface area (Å²) in [6.07, 6.45) is 1.60. The summed E-state index contributed by atoms with van der Waals surface area (Å²) in [5.41, 5.74) is 2.67. The number of hydrogen-bond acceptors (Lipinski definition) is 5. The van der Waals surface area contributed by atoms with E-state index in [-0.39, 0.29) is 5.91 Å². The monoisotopic (exact) mass is 366 g/mol. The number of carbonyl (C=O) groups is 1. The molecule has 4 aromatic rings. The molecule has 132 valence electrons. The van der Waals surface area contributed by atoms with Gasteiger partial charge < -0.3 is 9.32 Å². The fourth-order valence-corrected chi connectivity index (χ4v) is 3.84. The summed E-state index contributed by atoms with van der Waals surface area (Å²) in [7, 11) is 3.64. The number of nitrogens with zero attached hydrogens (tertiary/aromatic N) is 4. The molecule has 4 heterocycles. The number of aromatic nitrogens is 3. The molecule has 0 saturated heterocycles. The first-order valence-electron chi connectivity index (χ1n) is 8.20. The number of rotatable bonds is 4. The van der Waals surface area contributed by atoms with E-state index in [1.165, 1.54) is 0 Å². The molecule has 7 heteroatoms. The Morgan fingerprint density at radius 2 is 2.19 bits per heavy atom. The van der Waals surface area contributed by atoms with Crippen LogP contribution in [0, 0.1) is 6.92 Å². The molecule has 0 saturated carbocycles. The second-order valence-corrected chi connectivity index (χ2v) is 7.21. The normalized spacial score (nSPS) is 11.2. The molecule has 0 unspecified atom stereocenters. The van der Waals surface area contributed by atoms with Crippen LogP contribution in [0.2, 0.25) is 0 Å². The molecule has 0 aromatic carbocycles. The van der Waals surface area contributed by atoms with Crippen LogP contribution in [-0.4, -0.2) is 32.6 Å². The molecule has 4 aromatic heterocycles. The van der Waals surface area contributed by atoms with Gasteiger partial charge in [-0.15, -0.1) is 11.3 Å². The van der Waals surface area contributed by atoms with Crippen LogP contribution in [-0.2, 0) is 13.6 Å². The Kier molecular flexibility index (Phi) is 4.08. The van der Waals surface area contributed by atoms with E-state index in [1.807, 2.05) is 44.6 Å². The molecule has 0 bridgehead atoms. The van der Waals surface area contributed by atoms with Crippen molar-refractivity contribution in [2.24, 2.45) is 7.05 Å². The van der Waals surface area contributed by atoms with Crippen molar-refractivity contribution in [3.63, 3.8) is 0 Å². The molecule has 0 N–H and O–H groups in total. The van der Waals surface area contributed by atoms with Gasteiger partial charge in [0.1, 0.15) is 5.69 Å². The Labute approximate surface area is 154 Å². The van der Waals surface area contributed by atoms with Gasteiger partial charge in [0.15, 0.2) is 11.4 Å². The van der Waals surface area contributed by atoms with Gasteiger partial charge in [0.2, 0.25) is 0 Å². The van der Waals surface area contributed by atoms with Gasteiger partial charge in [-0.3, -0.25) is 9.48 Å². The van der Waals surface area contributed by atoms with Gasteiger partial charge in [-0.05, 0) is 36.6 Å². The minimum absolute atomic E-state index is 0.0605. The second kappa shape index (κ2) is 6.42. The third-order valence-corrected chi connectivity index (χ3v) is 5.15. The van der Waals surface area contributed by atoms with Crippen molar-refractivity contribution in [1.82, 2.24) is 19.7 Å². The summed E-state index contributed by atoms with van der Waals surface area (Å²) in [5, 5.41) is 7.24. The lowest BCUT2D eigenvalue weighted by atomic mass is 10.1. The smallest absolute Gasteiger partial charge is 0.254 e. The molecule has 26 heavy (non-hydrogen) atoms. The summed E-state index contributed by atoms with van der Waals surface area (Å²) >= 11 is 1.64. The van der Waals surface area contributed by atoms with Crippen molar-refractivity contribution in [3.8, 4) is 11.5 Å². The van der Waals surface area contributed by atoms with Crippen LogP contribution in [0.3, 0.4) is 0 Å². The number of amides is 1. The van der Waals surface area contributed by atoms with Crippen molar-refractivity contribution < 1.29 is 9.21 Å². The molecule has 0 radical (unpaired) electrons. The van der Waals surface area contributed by atoms with E-state index < -0.39 is 0 Å². The summed E-state index contributed by atoms with van der Waals surface area (Å²) in [4.78, 5) is 20.7. The fraction of sp³-hybridized carbons (Fsp3) is 0.211. The number of furan rings is 1. The van der Waals surface area contributed by atoms with Crippen LogP contribution in [0.15, 0.2) is 46.4 Å². The van der Waals surface area contributed by atoms with E-state index >= 15 is 0 Å². The average Bonchev–Trinajstić information content (AvgIpc) is 3.37. The number of carbonyl (C=O) groups excluding carboxylic acids is 1. The van der Waals surface area contributed by atoms with E-state index in [1.54, 1.807) is 39.3 Å². The first-order valence-corrected chi connectivity index (χ1v) is 9.08. The highest BCUT2D eigenvalue weighted by atomic mass is 32.1. The van der Waals surface area contributed by atoms with Gasteiger partial charge in [0, 0.05) is 19.0 Å². The minimum Gasteiger partial charge on any atom is -0.463 e. The lowest BCUT2D eigenvalue weighted by molar-refractivity contribution is 0.0788. The quantitative estimate of drug-likeness (QED) is 0.550. The first kappa shape index (κ1) is 16.5. The molecular weight excluding hydrogens is 348 g/mol. The Hall–Kier alpha value is -2.93. The van der Waals surface area contributed by atoms with E-state index in [4.69, 9.17) is 4.42 Å². The molecule has 0 fully saturated rings. The number of thiophene rings is 1. The van der Waals surface area contributed by atoms with Crippen LogP contribution in [0.5, 0.6) is 0 Å². The van der Waals surface area contributed by atoms with Crippen molar-refractivity contribution in [1.29, 1.82) is 0 Å². The molecule has 1 amide bonds. The van der Waals surface area contributed by atoms with Crippen molar-refractivity contribution in [2.75, 3.05) is 7.05 Å². The topological polar surface area (TPSA) is 64.2 Å². The van der Waals surface area contributed by atoms with Gasteiger partial charge in [-0.1, -0.05) is 6.07 Å². The molecular formula is C19H18N4O2S. The Morgan fingerprint density at radius 3 is 2.88 bits per heavy atom. The predicted molar refractivity (Wildman–Crippen MR) is 101 cm³/mol. The summed E-state index contributed by atoms with van der Waals surface area (Å²) in [6, 6.07) is 9.45. The van der Waals surface area contributed by atoms with Crippen molar-refractivity contribution >= 4 is 28.3 Å². The Bertz CT molecular complexity index is 1070. The second-order valence-electron chi connectivity index (χ2n) is 6.18. The van der Waals surface area contributed by atoms with Crippen LogP contribution in [0.25, 0.3) is 22.5 Å². The standard InChI is InChI=1S/C19H18N4O2S/c1-12-17-14(19(24)22(2)11-13-6-5-9-26-13)10-15(16-7-4-8-25-16)20-18(17)23(3)21-12/h4-10H,11H2,1-3H3. The third-order valence-electron chi connectivity index (χ3n) is 4.29. The summed E-state index contributed by atoms with van der Waals surface area (Å²) in [6.45, 7) is 2.46. The highest BCUT2D eigenvalue weighted by molar-refractivity contribution is 7.09. The first-order chi connectivity index (χ1) is 12.5. The van der Waals surface area contributed by atoms with E-state index in [0.29, 0.717) is 29.2 Å². The highest BCUT2D eigenvalue weighted by Gasteiger charge is 2.22. The van der Waals surface area contributed by atoms with E-state index in [0.717, 1.165) is 16.0 Å². The third kappa shape index (κ3) is 2.80. The van der Waals surface area contributed by atoms with Crippen molar-refractivity contribution in [2.45, 2.75) is 13.5 Å². The van der Waals surface area contributed by atoms with Crippen molar-refractivity contribution in [3.05, 3.63) is 58.1 Å². The number of fused-ring (bicyclic) bond motifs is 1. The zero-order valence-corrected chi connectivity index (χ0v) is 15.6. The average molecular weight is 366 g/mol. The SMILES string of the molecule is Cc1nn(C)c2nc(-c3ccco3)cc(C(=O)N(C)Cc3cccs3)c12. The van der Waals surface area contributed by atoms with Gasteiger partial charge in [-0.2, -0.15) is 5.10 Å². The largest absolute Gasteiger partial charge is 0.463 e. The van der Waals surface area contributed by atoms with E-state index in [2.05, 4.69) is 10.1 Å². The number of aryl methyl sites for hydroxylation is 2. The summed E-state index contributed by atoms with van der Waals surface area (Å²) < 4.78 is 7.18. The molecule has 0 aliphatic carbocycles. The Morgan fingerprint density at radius 1 is 1.35 bits per heavy atom. The maximum Gasteiger partial charge on any atom is 0.254 e. The van der Waals surface area contributed by atoms with E-state index in [9.17, 15) is 4.79 Å². The van der Waals surface area contributed by atoms with Gasteiger partial charge in [-0.25, -0.2) is 4.98 Å². The molecule has 0 spiro atoms. The fourth-order valence-electron chi connectivity index (χ4n) is 3.08. The lowest BCUT2D eigenvalue weighted by Gasteiger charge is -2.17. The summed E-state index contributed by atoms with van der Waals surface area (Å²) in [5.74, 6) is 0.565. The van der Waals surface area contributed by atoms with Crippen LogP contribution >= 0.6 is 11.3 Å². The maximum atomic E-state index is 13.2. The zero-order chi connectivity index (χ0) is 18.3. The van der Waals surface area contributed by atoms with Gasteiger partial charge >= 0.3 is 0 Å². The van der Waals surface area contributed by atoms with Gasteiger partial charge in [0.05, 0.1) is 29.5 Å².